The van der Waals surface area contributed by atoms with Gasteiger partial charge in [0.15, 0.2) is 0 Å². The monoisotopic (exact) mass is 258 g/mol. The summed E-state index contributed by atoms with van der Waals surface area (Å²) >= 11 is 0. The summed E-state index contributed by atoms with van der Waals surface area (Å²) in [7, 11) is 0. The summed E-state index contributed by atoms with van der Waals surface area (Å²) in [4.78, 5) is 0. The van der Waals surface area contributed by atoms with Crippen molar-refractivity contribution in [1.82, 2.24) is 0 Å². The van der Waals surface area contributed by atoms with E-state index in [4.69, 9.17) is 4.74 Å². The van der Waals surface area contributed by atoms with E-state index < -0.39 is 0 Å². The second-order valence-corrected chi connectivity index (χ2v) is 5.47. The van der Waals surface area contributed by atoms with E-state index in [1.54, 1.807) is 0 Å². The van der Waals surface area contributed by atoms with Crippen LogP contribution in [0.3, 0.4) is 0 Å². The zero-order chi connectivity index (χ0) is 13.5. The molecule has 1 heteroatoms. The lowest BCUT2D eigenvalue weighted by atomic mass is 9.84. The minimum absolute atomic E-state index is 0.737. The Hall–Kier alpha value is -1.24. The summed E-state index contributed by atoms with van der Waals surface area (Å²) in [5.41, 5.74) is 2.90. The van der Waals surface area contributed by atoms with E-state index in [1.807, 2.05) is 6.92 Å². The highest BCUT2D eigenvalue weighted by Gasteiger charge is 2.14. The smallest absolute Gasteiger partial charge is 0.119 e. The van der Waals surface area contributed by atoms with Crippen LogP contribution < -0.4 is 4.74 Å². The molecule has 0 saturated heterocycles. The van der Waals surface area contributed by atoms with Crippen molar-refractivity contribution in [3.8, 4) is 5.75 Å². The lowest BCUT2D eigenvalue weighted by Crippen LogP contribution is -2.05. The van der Waals surface area contributed by atoms with E-state index in [9.17, 15) is 0 Å². The van der Waals surface area contributed by atoms with Gasteiger partial charge in [0, 0.05) is 0 Å². The van der Waals surface area contributed by atoms with E-state index in [1.165, 1.54) is 49.7 Å². The Labute approximate surface area is 117 Å². The third-order valence-corrected chi connectivity index (χ3v) is 4.02. The van der Waals surface area contributed by atoms with Gasteiger partial charge in [-0.05, 0) is 55.4 Å². The molecule has 2 rings (SSSR count). The molecule has 19 heavy (non-hydrogen) atoms. The molecule has 0 bridgehead atoms. The van der Waals surface area contributed by atoms with Crippen LogP contribution in [0.5, 0.6) is 5.75 Å². The Morgan fingerprint density at radius 3 is 2.53 bits per heavy atom. The maximum Gasteiger partial charge on any atom is 0.119 e. The van der Waals surface area contributed by atoms with Gasteiger partial charge in [0.1, 0.15) is 5.75 Å². The van der Waals surface area contributed by atoms with Gasteiger partial charge in [-0.2, -0.15) is 0 Å². The predicted molar refractivity (Wildman–Crippen MR) is 82.5 cm³/mol. The third-order valence-electron chi connectivity index (χ3n) is 4.02. The molecule has 1 aromatic carbocycles. The lowest BCUT2D eigenvalue weighted by molar-refractivity contribution is 0.340. The van der Waals surface area contributed by atoms with Crippen LogP contribution >= 0.6 is 0 Å². The predicted octanol–water partition coefficient (Wildman–Crippen LogP) is 5.46. The van der Waals surface area contributed by atoms with Crippen LogP contribution in [-0.4, -0.2) is 6.61 Å². The van der Waals surface area contributed by atoms with Crippen molar-refractivity contribution >= 4 is 5.57 Å². The molecule has 0 spiro atoms. The summed E-state index contributed by atoms with van der Waals surface area (Å²) in [6, 6.07) is 8.57. The first-order valence-corrected chi connectivity index (χ1v) is 7.75. The molecule has 104 valence electrons. The van der Waals surface area contributed by atoms with Gasteiger partial charge in [-0.15, -0.1) is 0 Å². The Kier molecular flexibility index (Phi) is 5.50. The molecule has 0 radical (unpaired) electrons. The second-order valence-electron chi connectivity index (χ2n) is 5.47. The maximum absolute atomic E-state index is 5.49. The van der Waals surface area contributed by atoms with Crippen molar-refractivity contribution < 1.29 is 4.74 Å². The highest BCUT2D eigenvalue weighted by molar-refractivity contribution is 5.66. The molecular weight excluding hydrogens is 232 g/mol. The zero-order valence-corrected chi connectivity index (χ0v) is 12.3. The standard InChI is InChI=1S/C18H26O/c1-3-5-6-15-7-9-16(10-8-15)17-11-13-18(14-12-17)19-4-2/h9,11-15H,3-8,10H2,1-2H3. The second kappa shape index (κ2) is 7.37. The summed E-state index contributed by atoms with van der Waals surface area (Å²) in [5.74, 6) is 1.90. The number of benzene rings is 1. The minimum Gasteiger partial charge on any atom is -0.494 e. The van der Waals surface area contributed by atoms with Crippen LogP contribution in [0.2, 0.25) is 0 Å². The molecule has 0 saturated carbocycles. The molecule has 0 N–H and O–H groups in total. The fraction of sp³-hybridized carbons (Fsp3) is 0.556. The number of unbranched alkanes of at least 4 members (excludes halogenated alkanes) is 1. The van der Waals surface area contributed by atoms with Crippen LogP contribution in [0, 0.1) is 5.92 Å². The SMILES string of the molecule is CCCCC1CC=C(c2ccc(OCC)cc2)CC1. The molecular formula is C18H26O. The van der Waals surface area contributed by atoms with Gasteiger partial charge in [0.2, 0.25) is 0 Å². The van der Waals surface area contributed by atoms with Crippen LogP contribution in [0.1, 0.15) is 57.9 Å². The van der Waals surface area contributed by atoms with E-state index in [2.05, 4.69) is 37.3 Å². The van der Waals surface area contributed by atoms with Gasteiger partial charge in [0.25, 0.3) is 0 Å². The van der Waals surface area contributed by atoms with Gasteiger partial charge in [-0.1, -0.05) is 44.4 Å². The fourth-order valence-corrected chi connectivity index (χ4v) is 2.84. The molecule has 0 fully saturated rings. The van der Waals surface area contributed by atoms with Crippen LogP contribution in [0.15, 0.2) is 30.3 Å². The number of allylic oxidation sites excluding steroid dienone is 2. The summed E-state index contributed by atoms with van der Waals surface area (Å²) < 4.78 is 5.49. The fourth-order valence-electron chi connectivity index (χ4n) is 2.84. The number of rotatable bonds is 6. The topological polar surface area (TPSA) is 9.23 Å². The van der Waals surface area contributed by atoms with Gasteiger partial charge in [0.05, 0.1) is 6.61 Å². The van der Waals surface area contributed by atoms with Crippen molar-refractivity contribution in [2.24, 2.45) is 5.92 Å². The molecule has 0 heterocycles. The van der Waals surface area contributed by atoms with Gasteiger partial charge in [-0.25, -0.2) is 0 Å². The minimum atomic E-state index is 0.737. The largest absolute Gasteiger partial charge is 0.494 e. The lowest BCUT2D eigenvalue weighted by Gasteiger charge is -2.22. The van der Waals surface area contributed by atoms with Gasteiger partial charge >= 0.3 is 0 Å². The number of hydrogen-bond acceptors (Lipinski definition) is 1. The Morgan fingerprint density at radius 2 is 1.95 bits per heavy atom. The van der Waals surface area contributed by atoms with E-state index >= 15 is 0 Å². The zero-order valence-electron chi connectivity index (χ0n) is 12.3. The van der Waals surface area contributed by atoms with Crippen molar-refractivity contribution in [2.45, 2.75) is 52.4 Å². The van der Waals surface area contributed by atoms with Crippen molar-refractivity contribution in [2.75, 3.05) is 6.61 Å². The average Bonchev–Trinajstić information content (AvgIpc) is 2.47. The molecule has 1 unspecified atom stereocenters. The van der Waals surface area contributed by atoms with Gasteiger partial charge in [-0.3, -0.25) is 0 Å². The molecule has 1 aromatic rings. The molecule has 1 nitrogen and oxygen atoms in total. The Morgan fingerprint density at radius 1 is 1.16 bits per heavy atom. The quantitative estimate of drug-likeness (QED) is 0.658. The number of ether oxygens (including phenoxy) is 1. The number of hydrogen-bond donors (Lipinski definition) is 0. The normalized spacial score (nSPS) is 19.1. The van der Waals surface area contributed by atoms with E-state index in [0.717, 1.165) is 18.3 Å². The average molecular weight is 258 g/mol. The Bertz CT molecular complexity index is 402. The molecule has 1 aliphatic carbocycles. The summed E-state index contributed by atoms with van der Waals surface area (Å²) in [5, 5.41) is 0. The Balaban J connectivity index is 1.93. The first-order chi connectivity index (χ1) is 9.33. The van der Waals surface area contributed by atoms with Crippen molar-refractivity contribution in [3.05, 3.63) is 35.9 Å². The van der Waals surface area contributed by atoms with Crippen LogP contribution in [0.4, 0.5) is 0 Å². The third kappa shape index (κ3) is 4.12. The molecule has 0 aromatic heterocycles. The van der Waals surface area contributed by atoms with Crippen LogP contribution in [-0.2, 0) is 0 Å². The molecule has 0 aliphatic heterocycles. The first kappa shape index (κ1) is 14.2. The molecule has 1 atom stereocenters. The molecule has 0 amide bonds. The highest BCUT2D eigenvalue weighted by Crippen LogP contribution is 2.33. The highest BCUT2D eigenvalue weighted by atomic mass is 16.5. The maximum atomic E-state index is 5.49. The van der Waals surface area contributed by atoms with E-state index in [-0.39, 0.29) is 0 Å². The van der Waals surface area contributed by atoms with Crippen LogP contribution in [0.25, 0.3) is 5.57 Å². The van der Waals surface area contributed by atoms with Crippen molar-refractivity contribution in [3.63, 3.8) is 0 Å². The molecule has 1 aliphatic rings. The van der Waals surface area contributed by atoms with Crippen molar-refractivity contribution in [1.29, 1.82) is 0 Å². The van der Waals surface area contributed by atoms with E-state index in [0.29, 0.717) is 0 Å². The first-order valence-electron chi connectivity index (χ1n) is 7.75. The van der Waals surface area contributed by atoms with Gasteiger partial charge < -0.3 is 4.74 Å². The summed E-state index contributed by atoms with van der Waals surface area (Å²) in [6.45, 7) is 5.04. The summed E-state index contributed by atoms with van der Waals surface area (Å²) in [6.07, 6.45) is 10.4.